The van der Waals surface area contributed by atoms with Crippen molar-refractivity contribution in [1.82, 2.24) is 9.13 Å². The molecule has 11 rings (SSSR count). The van der Waals surface area contributed by atoms with Gasteiger partial charge in [-0.15, -0.1) is 0 Å². The highest BCUT2D eigenvalue weighted by Crippen LogP contribution is 2.37. The molecule has 0 atom stereocenters. The third kappa shape index (κ3) is 5.32. The summed E-state index contributed by atoms with van der Waals surface area (Å²) in [6, 6.07) is 83.5. The van der Waals surface area contributed by atoms with Crippen LogP contribution in [0.25, 0.3) is 66.1 Å². The van der Waals surface area contributed by atoms with E-state index in [1.807, 2.05) is 0 Å². The highest BCUT2D eigenvalue weighted by molar-refractivity contribution is 7.19. The van der Waals surface area contributed by atoms with E-state index >= 15 is 0 Å². The van der Waals surface area contributed by atoms with Crippen LogP contribution in [0.1, 0.15) is 5.56 Å². The van der Waals surface area contributed by atoms with Gasteiger partial charge in [-0.3, -0.25) is 0 Å². The molecule has 0 N–H and O–H groups in total. The van der Waals surface area contributed by atoms with Gasteiger partial charge in [-0.25, -0.2) is 0 Å². The lowest BCUT2D eigenvalue weighted by atomic mass is 10.0. The van der Waals surface area contributed by atoms with Crippen molar-refractivity contribution in [3.63, 3.8) is 0 Å². The molecule has 0 aliphatic heterocycles. The van der Waals surface area contributed by atoms with Crippen molar-refractivity contribution in [1.29, 1.82) is 0 Å². The van der Waals surface area contributed by atoms with Crippen LogP contribution in [0.4, 0.5) is 0 Å². The van der Waals surface area contributed by atoms with E-state index < -0.39 is 8.07 Å². The Morgan fingerprint density at radius 1 is 0.293 bits per heavy atom. The summed E-state index contributed by atoms with van der Waals surface area (Å²) in [7, 11) is -2.78. The van der Waals surface area contributed by atoms with Gasteiger partial charge in [0.25, 0.3) is 0 Å². The fourth-order valence-electron chi connectivity index (χ4n) is 9.61. The molecule has 0 aliphatic carbocycles. The van der Waals surface area contributed by atoms with Crippen LogP contribution in [0.5, 0.6) is 0 Å². The zero-order valence-electron chi connectivity index (χ0n) is 32.3. The topological polar surface area (TPSA) is 9.86 Å². The van der Waals surface area contributed by atoms with E-state index in [4.69, 9.17) is 0 Å². The van der Waals surface area contributed by atoms with Gasteiger partial charge in [-0.2, -0.15) is 0 Å². The third-order valence-corrected chi connectivity index (χ3v) is 16.8. The lowest BCUT2D eigenvalue weighted by Crippen LogP contribution is -2.74. The molecule has 3 heteroatoms. The van der Waals surface area contributed by atoms with E-state index in [2.05, 4.69) is 241 Å². The van der Waals surface area contributed by atoms with E-state index in [0.717, 1.165) is 11.4 Å². The van der Waals surface area contributed by atoms with Crippen molar-refractivity contribution in [2.75, 3.05) is 0 Å². The van der Waals surface area contributed by atoms with Crippen LogP contribution < -0.4 is 20.7 Å². The summed E-state index contributed by atoms with van der Waals surface area (Å²) in [5, 5.41) is 10.5. The van der Waals surface area contributed by atoms with Gasteiger partial charge in [0.05, 0.1) is 22.1 Å². The van der Waals surface area contributed by atoms with E-state index in [9.17, 15) is 0 Å². The molecule has 0 radical (unpaired) electrons. The summed E-state index contributed by atoms with van der Waals surface area (Å²) < 4.78 is 4.91. The highest BCUT2D eigenvalue weighted by atomic mass is 28.3. The quantitative estimate of drug-likeness (QED) is 0.113. The van der Waals surface area contributed by atoms with Crippen molar-refractivity contribution in [3.8, 4) is 22.5 Å². The Balaban J connectivity index is 1.23. The van der Waals surface area contributed by atoms with Crippen LogP contribution >= 0.6 is 0 Å². The van der Waals surface area contributed by atoms with E-state index in [-0.39, 0.29) is 0 Å². The summed E-state index contributed by atoms with van der Waals surface area (Å²) in [4.78, 5) is 0. The average Bonchev–Trinajstić information content (AvgIpc) is 3.81. The van der Waals surface area contributed by atoms with Gasteiger partial charge >= 0.3 is 0 Å². The average molecular weight is 757 g/mol. The maximum atomic E-state index is 2.50. The fraction of sp³-hybridized carbons (Fsp3) is 0.0182. The van der Waals surface area contributed by atoms with Crippen LogP contribution in [0.15, 0.2) is 224 Å². The minimum atomic E-state index is -2.78. The van der Waals surface area contributed by atoms with Crippen LogP contribution in [0, 0.1) is 6.92 Å². The molecule has 2 aromatic heterocycles. The summed E-state index contributed by atoms with van der Waals surface area (Å²) in [5.41, 5.74) is 10.7. The number of aryl methyl sites for hydroxylation is 1. The second-order valence-corrected chi connectivity index (χ2v) is 19.2. The first-order chi connectivity index (χ1) is 28.7. The molecule has 0 spiro atoms. The Hall–Kier alpha value is -7.20. The predicted molar refractivity (Wildman–Crippen MR) is 249 cm³/mol. The number of rotatable bonds is 7. The summed E-state index contributed by atoms with van der Waals surface area (Å²) in [6.07, 6.45) is 0. The highest BCUT2D eigenvalue weighted by Gasteiger charge is 2.41. The lowest BCUT2D eigenvalue weighted by molar-refractivity contribution is 1.13. The minimum absolute atomic E-state index is 1.13. The molecule has 11 aromatic rings. The first kappa shape index (κ1) is 34.1. The summed E-state index contributed by atoms with van der Waals surface area (Å²) in [5.74, 6) is 0. The molecule has 0 bridgehead atoms. The van der Waals surface area contributed by atoms with Gasteiger partial charge in [0.1, 0.15) is 0 Å². The number of hydrogen-bond donors (Lipinski definition) is 0. The van der Waals surface area contributed by atoms with Crippen molar-refractivity contribution >= 4 is 72.4 Å². The van der Waals surface area contributed by atoms with Crippen LogP contribution in [0.3, 0.4) is 0 Å². The maximum absolute atomic E-state index is 2.78. The normalized spacial score (nSPS) is 11.9. The number of fused-ring (bicyclic) bond motifs is 6. The van der Waals surface area contributed by atoms with Gasteiger partial charge in [0.2, 0.25) is 0 Å². The first-order valence-electron chi connectivity index (χ1n) is 20.1. The molecule has 0 saturated carbocycles. The zero-order chi connectivity index (χ0) is 38.6. The van der Waals surface area contributed by atoms with Gasteiger partial charge in [0.15, 0.2) is 8.07 Å². The van der Waals surface area contributed by atoms with Crippen LogP contribution in [-0.2, 0) is 0 Å². The van der Waals surface area contributed by atoms with Crippen molar-refractivity contribution in [2.45, 2.75) is 6.92 Å². The number of hydrogen-bond acceptors (Lipinski definition) is 0. The third-order valence-electron chi connectivity index (χ3n) is 12.1. The number of nitrogens with zero attached hydrogens (tertiary/aromatic N) is 2. The van der Waals surface area contributed by atoms with Gasteiger partial charge < -0.3 is 9.13 Å². The molecule has 9 aromatic carbocycles. The van der Waals surface area contributed by atoms with Gasteiger partial charge in [-0.1, -0.05) is 188 Å². The molecular weight excluding hydrogens is 717 g/mol. The molecule has 274 valence electrons. The molecule has 58 heavy (non-hydrogen) atoms. The Morgan fingerprint density at radius 3 is 1.12 bits per heavy atom. The van der Waals surface area contributed by atoms with Crippen molar-refractivity contribution in [3.05, 3.63) is 230 Å². The number of aromatic nitrogens is 2. The number of benzene rings is 9. The summed E-state index contributed by atoms with van der Waals surface area (Å²) in [6.45, 7) is 2.21. The molecule has 2 heterocycles. The molecule has 0 saturated heterocycles. The monoisotopic (exact) mass is 756 g/mol. The Bertz CT molecular complexity index is 3020. The predicted octanol–water partition coefficient (Wildman–Crippen LogP) is 11.2. The van der Waals surface area contributed by atoms with E-state index in [1.54, 1.807) is 0 Å². The van der Waals surface area contributed by atoms with Gasteiger partial charge in [0, 0.05) is 32.9 Å². The minimum Gasteiger partial charge on any atom is -0.309 e. The van der Waals surface area contributed by atoms with Gasteiger partial charge in [-0.05, 0) is 81.3 Å². The second-order valence-electron chi connectivity index (χ2n) is 15.4. The SMILES string of the molecule is Cc1cccc([Si](c2ccccc2)(c2ccccc2)c2cccc(-c3cc(-n4c5ccccc5c5ccccc54)cc(-n4c5ccccc5c5ccccc54)c3)c2)c1. The Kier molecular flexibility index (Phi) is 8.09. The fourth-order valence-corrected chi connectivity index (χ4v) is 14.5. The standard InChI is InChI=1S/C55H40N2Si/c1-39-18-16-24-46(34-39)58(44-20-4-2-5-21-44,45-22-6-3-7-23-45)47-25-17-19-40(37-47)41-35-42(56-52-30-12-8-26-48(52)49-27-9-13-31-53(49)56)38-43(36-41)57-54-32-14-10-28-50(54)51-29-11-15-33-55(51)57/h2-38H,1H3. The first-order valence-corrected chi connectivity index (χ1v) is 22.1. The smallest absolute Gasteiger partial charge is 0.179 e. The van der Waals surface area contributed by atoms with E-state index in [1.165, 1.54) is 81.0 Å². The summed E-state index contributed by atoms with van der Waals surface area (Å²) >= 11 is 0. The van der Waals surface area contributed by atoms with Crippen molar-refractivity contribution in [2.24, 2.45) is 0 Å². The Morgan fingerprint density at radius 2 is 0.672 bits per heavy atom. The van der Waals surface area contributed by atoms with Crippen LogP contribution in [-0.4, -0.2) is 17.2 Å². The second kappa shape index (κ2) is 13.8. The number of para-hydroxylation sites is 4. The Labute approximate surface area is 339 Å². The molecule has 2 nitrogen and oxygen atoms in total. The largest absolute Gasteiger partial charge is 0.309 e. The molecule has 0 amide bonds. The van der Waals surface area contributed by atoms with E-state index in [0.29, 0.717) is 0 Å². The zero-order valence-corrected chi connectivity index (χ0v) is 33.3. The molecular formula is C55H40N2Si. The van der Waals surface area contributed by atoms with Crippen LogP contribution in [0.2, 0.25) is 0 Å². The molecule has 0 aliphatic rings. The molecule has 0 unspecified atom stereocenters. The molecule has 0 fully saturated rings. The lowest BCUT2D eigenvalue weighted by Gasteiger charge is -2.35. The van der Waals surface area contributed by atoms with Crippen molar-refractivity contribution < 1.29 is 0 Å². The maximum Gasteiger partial charge on any atom is 0.179 e.